The first-order valence-corrected chi connectivity index (χ1v) is 9.96. The summed E-state index contributed by atoms with van der Waals surface area (Å²) in [6.07, 6.45) is 28.2. The maximum absolute atomic E-state index is 11.3. The molecule has 0 saturated carbocycles. The van der Waals surface area contributed by atoms with Gasteiger partial charge in [-0.2, -0.15) is 0 Å². The highest BCUT2D eigenvalue weighted by Gasteiger charge is 2.03. The molecule has 0 aliphatic rings. The van der Waals surface area contributed by atoms with Gasteiger partial charge in [0.05, 0.1) is 6.10 Å². The minimum Gasteiger partial charge on any atom is -0.463 e. The average molecular weight is 347 g/mol. The van der Waals surface area contributed by atoms with Crippen LogP contribution in [0.1, 0.15) is 85.0 Å². The molecule has 0 aliphatic carbocycles. The van der Waals surface area contributed by atoms with Crippen LogP contribution < -0.4 is 0 Å². The zero-order valence-electron chi connectivity index (χ0n) is 16.6. The van der Waals surface area contributed by atoms with Crippen molar-refractivity contribution in [2.24, 2.45) is 0 Å². The number of hydrogen-bond donors (Lipinski definition) is 0. The van der Waals surface area contributed by atoms with Gasteiger partial charge < -0.3 is 4.74 Å². The van der Waals surface area contributed by atoms with E-state index in [2.05, 4.69) is 55.5 Å². The standard InChI is InChI=1S/C23H38O2/c1-4-5-6-7-8-9-10-11-12-13-14-15-16-17-18-19-20-21-23(24)25-22(2)3/h8-9,11-12,14-15,17-18,22H,4-7,10,13,16,19-21H2,1-3H3/b9-8+,12-11+,15-14+,18-17+. The Morgan fingerprint density at radius 1 is 0.760 bits per heavy atom. The van der Waals surface area contributed by atoms with E-state index in [1.54, 1.807) is 0 Å². The van der Waals surface area contributed by atoms with Gasteiger partial charge in [0, 0.05) is 6.42 Å². The second kappa shape index (κ2) is 18.8. The minimum absolute atomic E-state index is 0.0101. The molecule has 0 spiro atoms. The van der Waals surface area contributed by atoms with E-state index in [9.17, 15) is 4.79 Å². The van der Waals surface area contributed by atoms with Gasteiger partial charge in [-0.3, -0.25) is 4.79 Å². The van der Waals surface area contributed by atoms with Gasteiger partial charge in [0.2, 0.25) is 0 Å². The first-order valence-electron chi connectivity index (χ1n) is 9.96. The SMILES string of the molecule is CCCCC/C=C/C/C=C/C/C=C/C/C=C/CCCC(=O)OC(C)C. The molecule has 0 radical (unpaired) electrons. The molecule has 0 bridgehead atoms. The molecule has 0 heterocycles. The van der Waals surface area contributed by atoms with Gasteiger partial charge in [-0.15, -0.1) is 0 Å². The Hall–Kier alpha value is -1.57. The number of carbonyl (C=O) groups excluding carboxylic acids is 1. The van der Waals surface area contributed by atoms with Crippen LogP contribution in [0, 0.1) is 0 Å². The lowest BCUT2D eigenvalue weighted by molar-refractivity contribution is -0.147. The van der Waals surface area contributed by atoms with Crippen molar-refractivity contribution < 1.29 is 9.53 Å². The molecule has 0 aromatic carbocycles. The van der Waals surface area contributed by atoms with Crippen LogP contribution in [0.25, 0.3) is 0 Å². The predicted octanol–water partition coefficient (Wildman–Crippen LogP) is 7.08. The van der Waals surface area contributed by atoms with Crippen molar-refractivity contribution in [3.8, 4) is 0 Å². The summed E-state index contributed by atoms with van der Waals surface area (Å²) in [6, 6.07) is 0. The van der Waals surface area contributed by atoms with Gasteiger partial charge in [0.25, 0.3) is 0 Å². The number of esters is 1. The predicted molar refractivity (Wildman–Crippen MR) is 110 cm³/mol. The Labute approximate surface area is 155 Å². The number of hydrogen-bond acceptors (Lipinski definition) is 2. The second-order valence-corrected chi connectivity index (χ2v) is 6.52. The Morgan fingerprint density at radius 2 is 1.24 bits per heavy atom. The Kier molecular flexibility index (Phi) is 17.6. The molecule has 0 N–H and O–H groups in total. The van der Waals surface area contributed by atoms with Crippen LogP contribution in [-0.4, -0.2) is 12.1 Å². The molecule has 0 atom stereocenters. The maximum atomic E-state index is 11.3. The number of allylic oxidation sites excluding steroid dienone is 8. The number of ether oxygens (including phenoxy) is 1. The van der Waals surface area contributed by atoms with Crippen molar-refractivity contribution in [3.63, 3.8) is 0 Å². The molecule has 0 saturated heterocycles. The third-order valence-corrected chi connectivity index (χ3v) is 3.58. The topological polar surface area (TPSA) is 26.3 Å². The third-order valence-electron chi connectivity index (χ3n) is 3.58. The highest BCUT2D eigenvalue weighted by molar-refractivity contribution is 5.69. The summed E-state index contributed by atoms with van der Waals surface area (Å²) in [6.45, 7) is 6.00. The van der Waals surface area contributed by atoms with E-state index in [4.69, 9.17) is 4.74 Å². The lowest BCUT2D eigenvalue weighted by atomic mass is 10.2. The zero-order chi connectivity index (χ0) is 18.6. The van der Waals surface area contributed by atoms with Crippen LogP contribution in [0.15, 0.2) is 48.6 Å². The van der Waals surface area contributed by atoms with Crippen molar-refractivity contribution in [2.45, 2.75) is 91.1 Å². The quantitative estimate of drug-likeness (QED) is 0.180. The van der Waals surface area contributed by atoms with E-state index >= 15 is 0 Å². The largest absolute Gasteiger partial charge is 0.463 e. The van der Waals surface area contributed by atoms with E-state index in [0.29, 0.717) is 6.42 Å². The van der Waals surface area contributed by atoms with Gasteiger partial charge in [0.1, 0.15) is 0 Å². The van der Waals surface area contributed by atoms with E-state index in [-0.39, 0.29) is 12.1 Å². The summed E-state index contributed by atoms with van der Waals surface area (Å²) in [5.74, 6) is -0.0918. The summed E-state index contributed by atoms with van der Waals surface area (Å²) in [5, 5.41) is 0. The van der Waals surface area contributed by atoms with Gasteiger partial charge >= 0.3 is 5.97 Å². The molecule has 0 aliphatic heterocycles. The van der Waals surface area contributed by atoms with Crippen LogP contribution in [0.3, 0.4) is 0 Å². The molecule has 0 aromatic heterocycles. The van der Waals surface area contributed by atoms with E-state index < -0.39 is 0 Å². The van der Waals surface area contributed by atoms with Gasteiger partial charge in [-0.1, -0.05) is 68.4 Å². The van der Waals surface area contributed by atoms with Crippen LogP contribution in [0.4, 0.5) is 0 Å². The monoisotopic (exact) mass is 346 g/mol. The van der Waals surface area contributed by atoms with Crippen molar-refractivity contribution >= 4 is 5.97 Å². The Morgan fingerprint density at radius 3 is 1.72 bits per heavy atom. The summed E-state index contributed by atoms with van der Waals surface area (Å²) < 4.78 is 5.09. The highest BCUT2D eigenvalue weighted by atomic mass is 16.5. The lowest BCUT2D eigenvalue weighted by Gasteiger charge is -2.06. The number of rotatable bonds is 15. The number of carbonyl (C=O) groups is 1. The molecular weight excluding hydrogens is 308 g/mol. The summed E-state index contributed by atoms with van der Waals surface area (Å²) >= 11 is 0. The molecule has 0 amide bonds. The molecule has 2 nitrogen and oxygen atoms in total. The maximum Gasteiger partial charge on any atom is 0.306 e. The fraction of sp³-hybridized carbons (Fsp3) is 0.609. The summed E-state index contributed by atoms with van der Waals surface area (Å²) in [5.41, 5.74) is 0. The first-order chi connectivity index (χ1) is 12.2. The molecule has 0 unspecified atom stereocenters. The molecule has 142 valence electrons. The fourth-order valence-corrected chi connectivity index (χ4v) is 2.25. The van der Waals surface area contributed by atoms with Gasteiger partial charge in [0.15, 0.2) is 0 Å². The minimum atomic E-state index is -0.0918. The Bertz CT molecular complexity index is 414. The smallest absolute Gasteiger partial charge is 0.306 e. The molecule has 2 heteroatoms. The molecule has 0 fully saturated rings. The third kappa shape index (κ3) is 20.4. The van der Waals surface area contributed by atoms with Crippen LogP contribution in [-0.2, 0) is 9.53 Å². The van der Waals surface area contributed by atoms with Crippen molar-refractivity contribution in [3.05, 3.63) is 48.6 Å². The summed E-state index contributed by atoms with van der Waals surface area (Å²) in [4.78, 5) is 11.3. The van der Waals surface area contributed by atoms with Crippen LogP contribution in [0.2, 0.25) is 0 Å². The Balaban J connectivity index is 3.47. The summed E-state index contributed by atoms with van der Waals surface area (Å²) in [7, 11) is 0. The molecule has 25 heavy (non-hydrogen) atoms. The van der Waals surface area contributed by atoms with Crippen molar-refractivity contribution in [2.75, 3.05) is 0 Å². The number of unbranched alkanes of at least 4 members (excludes halogenated alkanes) is 4. The van der Waals surface area contributed by atoms with Crippen molar-refractivity contribution in [1.29, 1.82) is 0 Å². The molecule has 0 aromatic rings. The highest BCUT2D eigenvalue weighted by Crippen LogP contribution is 2.03. The fourth-order valence-electron chi connectivity index (χ4n) is 2.25. The first kappa shape index (κ1) is 23.4. The van der Waals surface area contributed by atoms with E-state index in [1.165, 1.54) is 25.7 Å². The zero-order valence-corrected chi connectivity index (χ0v) is 16.6. The van der Waals surface area contributed by atoms with Gasteiger partial charge in [-0.25, -0.2) is 0 Å². The van der Waals surface area contributed by atoms with E-state index in [0.717, 1.165) is 32.1 Å². The van der Waals surface area contributed by atoms with Crippen molar-refractivity contribution in [1.82, 2.24) is 0 Å². The molecule has 0 rings (SSSR count). The average Bonchev–Trinajstić information content (AvgIpc) is 2.57. The van der Waals surface area contributed by atoms with E-state index in [1.807, 2.05) is 13.8 Å². The van der Waals surface area contributed by atoms with Crippen LogP contribution >= 0.6 is 0 Å². The lowest BCUT2D eigenvalue weighted by Crippen LogP contribution is -2.10. The second-order valence-electron chi connectivity index (χ2n) is 6.52. The van der Waals surface area contributed by atoms with Crippen LogP contribution in [0.5, 0.6) is 0 Å². The van der Waals surface area contributed by atoms with Gasteiger partial charge in [-0.05, 0) is 58.8 Å². The molecular formula is C23H38O2. The normalized spacial score (nSPS) is 12.5.